The largest absolute Gasteiger partial charge is 0.492 e. The van der Waals surface area contributed by atoms with E-state index in [4.69, 9.17) is 4.74 Å². The minimum atomic E-state index is -0.00509. The van der Waals surface area contributed by atoms with Crippen molar-refractivity contribution < 1.29 is 9.53 Å². The zero-order valence-corrected chi connectivity index (χ0v) is 12.6. The molecule has 0 saturated heterocycles. The van der Waals surface area contributed by atoms with Crippen LogP contribution in [0.4, 0.5) is 5.69 Å². The van der Waals surface area contributed by atoms with E-state index in [2.05, 4.69) is 15.5 Å². The molecule has 0 fully saturated rings. The molecule has 1 rings (SSSR count). The van der Waals surface area contributed by atoms with E-state index in [1.807, 2.05) is 45.3 Å². The number of carbonyl (C=O) groups is 1. The van der Waals surface area contributed by atoms with E-state index in [-0.39, 0.29) is 5.91 Å². The van der Waals surface area contributed by atoms with Gasteiger partial charge in [-0.3, -0.25) is 4.79 Å². The average Bonchev–Trinajstić information content (AvgIpc) is 2.40. The van der Waals surface area contributed by atoms with Crippen LogP contribution in [0.2, 0.25) is 0 Å². The molecule has 1 amide bonds. The first-order chi connectivity index (χ1) is 9.63. The molecule has 0 unspecified atom stereocenters. The van der Waals surface area contributed by atoms with E-state index in [0.717, 1.165) is 18.8 Å². The molecule has 0 radical (unpaired) electrons. The van der Waals surface area contributed by atoms with E-state index in [1.165, 1.54) is 0 Å². The lowest BCUT2D eigenvalue weighted by Crippen LogP contribution is -2.29. The van der Waals surface area contributed by atoms with Crippen molar-refractivity contribution in [1.82, 2.24) is 10.2 Å². The number of anilines is 1. The molecule has 5 nitrogen and oxygen atoms in total. The van der Waals surface area contributed by atoms with Gasteiger partial charge in [0.05, 0.1) is 12.3 Å². The van der Waals surface area contributed by atoms with Gasteiger partial charge in [-0.25, -0.2) is 0 Å². The lowest BCUT2D eigenvalue weighted by Gasteiger charge is -2.12. The highest BCUT2D eigenvalue weighted by Crippen LogP contribution is 2.23. The van der Waals surface area contributed by atoms with Gasteiger partial charge in [0.1, 0.15) is 5.75 Å². The van der Waals surface area contributed by atoms with E-state index in [9.17, 15) is 4.79 Å². The van der Waals surface area contributed by atoms with E-state index >= 15 is 0 Å². The number of amides is 1. The van der Waals surface area contributed by atoms with Crippen molar-refractivity contribution in [3.8, 4) is 5.75 Å². The highest BCUT2D eigenvalue weighted by atomic mass is 16.5. The first kappa shape index (κ1) is 16.5. The lowest BCUT2D eigenvalue weighted by atomic mass is 10.2. The fourth-order valence-corrected chi connectivity index (χ4v) is 1.69. The van der Waals surface area contributed by atoms with Crippen LogP contribution in [-0.2, 0) is 4.79 Å². The zero-order chi connectivity index (χ0) is 14.8. The fraction of sp³-hybridized carbons (Fsp3) is 0.533. The Morgan fingerprint density at radius 3 is 2.70 bits per heavy atom. The summed E-state index contributed by atoms with van der Waals surface area (Å²) in [6.07, 6.45) is 0.452. The average molecular weight is 279 g/mol. The second-order valence-corrected chi connectivity index (χ2v) is 4.78. The molecule has 2 N–H and O–H groups in total. The van der Waals surface area contributed by atoms with Crippen LogP contribution < -0.4 is 15.4 Å². The molecule has 1 aromatic carbocycles. The second-order valence-electron chi connectivity index (χ2n) is 4.78. The van der Waals surface area contributed by atoms with Crippen LogP contribution in [0, 0.1) is 0 Å². The zero-order valence-electron chi connectivity index (χ0n) is 12.6. The third-order valence-electron chi connectivity index (χ3n) is 2.73. The molecular formula is C15H25N3O2. The Balaban J connectivity index is 2.31. The number of likely N-dealkylation sites (N-methyl/N-ethyl adjacent to an activating group) is 1. The number of nitrogens with zero attached hydrogens (tertiary/aromatic N) is 1. The summed E-state index contributed by atoms with van der Waals surface area (Å²) >= 11 is 0. The Morgan fingerprint density at radius 1 is 1.25 bits per heavy atom. The predicted molar refractivity (Wildman–Crippen MR) is 82.3 cm³/mol. The quantitative estimate of drug-likeness (QED) is 0.674. The van der Waals surface area contributed by atoms with Gasteiger partial charge in [-0.2, -0.15) is 0 Å². The second kappa shape index (κ2) is 9.34. The summed E-state index contributed by atoms with van der Waals surface area (Å²) in [5, 5.41) is 6.12. The van der Waals surface area contributed by atoms with Gasteiger partial charge < -0.3 is 20.3 Å². The maximum atomic E-state index is 11.8. The van der Waals surface area contributed by atoms with Crippen molar-refractivity contribution in [2.45, 2.75) is 13.3 Å². The van der Waals surface area contributed by atoms with E-state index in [1.54, 1.807) is 0 Å². The summed E-state index contributed by atoms with van der Waals surface area (Å²) in [6, 6.07) is 7.48. The monoisotopic (exact) mass is 279 g/mol. The van der Waals surface area contributed by atoms with Crippen LogP contribution in [0.5, 0.6) is 5.75 Å². The number of para-hydroxylation sites is 2. The molecule has 1 aromatic rings. The Bertz CT molecular complexity index is 408. The Labute approximate surface area is 121 Å². The van der Waals surface area contributed by atoms with Gasteiger partial charge in [0, 0.05) is 26.1 Å². The van der Waals surface area contributed by atoms with Gasteiger partial charge in [-0.05, 0) is 33.2 Å². The normalized spacial score (nSPS) is 10.6. The summed E-state index contributed by atoms with van der Waals surface area (Å²) in [5.74, 6) is 0.707. The van der Waals surface area contributed by atoms with E-state index < -0.39 is 0 Å². The Morgan fingerprint density at radius 2 is 2.00 bits per heavy atom. The van der Waals surface area contributed by atoms with Crippen LogP contribution in [0.3, 0.4) is 0 Å². The molecule has 0 bridgehead atoms. The summed E-state index contributed by atoms with van der Waals surface area (Å²) in [7, 11) is 4.05. The van der Waals surface area contributed by atoms with Crippen molar-refractivity contribution in [2.24, 2.45) is 0 Å². The highest BCUT2D eigenvalue weighted by Gasteiger charge is 2.06. The molecule has 0 aromatic heterocycles. The summed E-state index contributed by atoms with van der Waals surface area (Å²) in [5.41, 5.74) is 0.729. The fourth-order valence-electron chi connectivity index (χ4n) is 1.69. The topological polar surface area (TPSA) is 53.6 Å². The first-order valence-corrected chi connectivity index (χ1v) is 7.00. The van der Waals surface area contributed by atoms with Gasteiger partial charge in [-0.1, -0.05) is 12.1 Å². The molecule has 0 aliphatic carbocycles. The summed E-state index contributed by atoms with van der Waals surface area (Å²) in [4.78, 5) is 14.0. The molecule has 112 valence electrons. The molecule has 0 aliphatic rings. The smallest absolute Gasteiger partial charge is 0.225 e. The number of nitrogens with one attached hydrogen (secondary N) is 2. The maximum Gasteiger partial charge on any atom is 0.225 e. The van der Waals surface area contributed by atoms with Gasteiger partial charge in [0.15, 0.2) is 0 Å². The van der Waals surface area contributed by atoms with Crippen molar-refractivity contribution in [3.63, 3.8) is 0 Å². The third-order valence-corrected chi connectivity index (χ3v) is 2.73. The third kappa shape index (κ3) is 6.54. The van der Waals surface area contributed by atoms with Gasteiger partial charge in [-0.15, -0.1) is 0 Å². The maximum absolute atomic E-state index is 11.8. The van der Waals surface area contributed by atoms with Crippen molar-refractivity contribution >= 4 is 11.6 Å². The minimum Gasteiger partial charge on any atom is -0.492 e. The van der Waals surface area contributed by atoms with Gasteiger partial charge in [0.25, 0.3) is 0 Å². The number of benzene rings is 1. The molecule has 0 spiro atoms. The molecule has 5 heteroatoms. The van der Waals surface area contributed by atoms with Crippen LogP contribution in [0.1, 0.15) is 13.3 Å². The van der Waals surface area contributed by atoms with Crippen LogP contribution in [-0.4, -0.2) is 51.1 Å². The summed E-state index contributed by atoms with van der Waals surface area (Å²) < 4.78 is 5.47. The van der Waals surface area contributed by atoms with Crippen molar-refractivity contribution in [3.05, 3.63) is 24.3 Å². The van der Waals surface area contributed by atoms with E-state index in [0.29, 0.717) is 25.3 Å². The molecular weight excluding hydrogens is 254 g/mol. The summed E-state index contributed by atoms with van der Waals surface area (Å²) in [6.45, 7) is 5.04. The predicted octanol–water partition coefficient (Wildman–Crippen LogP) is 1.57. The number of carbonyl (C=O) groups excluding carboxylic acids is 1. The first-order valence-electron chi connectivity index (χ1n) is 7.00. The van der Waals surface area contributed by atoms with Gasteiger partial charge >= 0.3 is 0 Å². The lowest BCUT2D eigenvalue weighted by molar-refractivity contribution is -0.116. The molecule has 0 heterocycles. The molecule has 0 saturated carbocycles. The minimum absolute atomic E-state index is 0.00509. The number of hydrogen-bond acceptors (Lipinski definition) is 4. The number of rotatable bonds is 9. The van der Waals surface area contributed by atoms with Gasteiger partial charge in [0.2, 0.25) is 5.91 Å². The van der Waals surface area contributed by atoms with Crippen molar-refractivity contribution in [1.29, 1.82) is 0 Å². The number of hydrogen-bond donors (Lipinski definition) is 2. The highest BCUT2D eigenvalue weighted by molar-refractivity contribution is 5.92. The SMILES string of the molecule is CCOc1ccccc1NC(=O)CCNCCN(C)C. The standard InChI is InChI=1S/C15H25N3O2/c1-4-20-14-8-6-5-7-13(14)17-15(19)9-10-16-11-12-18(2)3/h5-8,16H,4,9-12H2,1-3H3,(H,17,19). The Kier molecular flexibility index (Phi) is 7.69. The van der Waals surface area contributed by atoms with Crippen LogP contribution in [0.15, 0.2) is 24.3 Å². The molecule has 0 atom stereocenters. The van der Waals surface area contributed by atoms with Crippen LogP contribution in [0.25, 0.3) is 0 Å². The Hall–Kier alpha value is -1.59. The van der Waals surface area contributed by atoms with Crippen LogP contribution >= 0.6 is 0 Å². The van der Waals surface area contributed by atoms with Crippen molar-refractivity contribution in [2.75, 3.05) is 45.7 Å². The number of ether oxygens (including phenoxy) is 1. The molecule has 20 heavy (non-hydrogen) atoms. The molecule has 0 aliphatic heterocycles.